The molecule has 7 nitrogen and oxygen atoms in total. The maximum atomic E-state index is 14.1. The number of nitrogens with zero attached hydrogens (tertiary/aromatic N) is 2. The van der Waals surface area contributed by atoms with Crippen molar-refractivity contribution in [3.63, 3.8) is 0 Å². The molecule has 1 aliphatic carbocycles. The SMILES string of the molecule is CS(=O)(=O)N(CC(=O)N(Cc1cccc(Cl)c1)[C@H](Cc1ccccc1)C(=O)NC1CCCC1)c1cc(Cl)cc(Cl)c1. The van der Waals surface area contributed by atoms with Gasteiger partial charge < -0.3 is 10.2 Å². The summed E-state index contributed by atoms with van der Waals surface area (Å²) in [6.45, 7) is -0.513. The van der Waals surface area contributed by atoms with E-state index in [1.165, 1.54) is 23.1 Å². The van der Waals surface area contributed by atoms with Crippen LogP contribution in [0.25, 0.3) is 0 Å². The van der Waals surface area contributed by atoms with E-state index in [-0.39, 0.29) is 40.6 Å². The van der Waals surface area contributed by atoms with Gasteiger partial charge in [0.05, 0.1) is 11.9 Å². The Morgan fingerprint density at radius 3 is 2.12 bits per heavy atom. The van der Waals surface area contributed by atoms with Gasteiger partial charge in [0.2, 0.25) is 21.8 Å². The van der Waals surface area contributed by atoms with Gasteiger partial charge in [-0.1, -0.05) is 90.1 Å². The standard InChI is InChI=1S/C30H32Cl3N3O4S/c1-41(39,40)36(27-17-24(32)16-25(33)18-27)20-29(37)35(19-22-10-7-11-23(31)14-22)28(15-21-8-3-2-4-9-21)30(38)34-26-12-5-6-13-26/h2-4,7-11,14,16-18,26,28H,5-6,12-13,15,19-20H2,1H3,(H,34,38)/t28-/m1/s1. The number of benzene rings is 3. The largest absolute Gasteiger partial charge is 0.352 e. The average Bonchev–Trinajstić information content (AvgIpc) is 3.41. The van der Waals surface area contributed by atoms with Crippen molar-refractivity contribution in [2.75, 3.05) is 17.1 Å². The molecular formula is C30H32Cl3N3O4S. The van der Waals surface area contributed by atoms with Gasteiger partial charge >= 0.3 is 0 Å². The van der Waals surface area contributed by atoms with Crippen LogP contribution in [0.5, 0.6) is 0 Å². The van der Waals surface area contributed by atoms with E-state index in [4.69, 9.17) is 34.8 Å². The summed E-state index contributed by atoms with van der Waals surface area (Å²) in [7, 11) is -3.94. The molecule has 11 heteroatoms. The predicted molar refractivity (Wildman–Crippen MR) is 165 cm³/mol. The first-order valence-corrected chi connectivity index (χ1v) is 16.3. The summed E-state index contributed by atoms with van der Waals surface area (Å²) in [5.74, 6) is -0.846. The van der Waals surface area contributed by atoms with Crippen LogP contribution in [0.15, 0.2) is 72.8 Å². The Morgan fingerprint density at radius 1 is 0.878 bits per heavy atom. The summed E-state index contributed by atoms with van der Waals surface area (Å²) in [6, 6.07) is 19.9. The monoisotopic (exact) mass is 635 g/mol. The van der Waals surface area contributed by atoms with Crippen molar-refractivity contribution in [3.05, 3.63) is 99.0 Å². The number of nitrogens with one attached hydrogen (secondary N) is 1. The van der Waals surface area contributed by atoms with Gasteiger partial charge in [0, 0.05) is 34.1 Å². The van der Waals surface area contributed by atoms with E-state index in [1.807, 2.05) is 36.4 Å². The van der Waals surface area contributed by atoms with Crippen molar-refractivity contribution in [2.24, 2.45) is 0 Å². The van der Waals surface area contributed by atoms with Gasteiger partial charge in [0.1, 0.15) is 12.6 Å². The molecule has 2 amide bonds. The molecule has 1 N–H and O–H groups in total. The average molecular weight is 637 g/mol. The highest BCUT2D eigenvalue weighted by Crippen LogP contribution is 2.28. The van der Waals surface area contributed by atoms with E-state index in [0.717, 1.165) is 41.8 Å². The zero-order valence-corrected chi connectivity index (χ0v) is 25.7. The molecule has 0 aromatic heterocycles. The van der Waals surface area contributed by atoms with Gasteiger partial charge in [-0.15, -0.1) is 0 Å². The van der Waals surface area contributed by atoms with Gasteiger partial charge in [-0.05, 0) is 54.3 Å². The van der Waals surface area contributed by atoms with Crippen LogP contribution < -0.4 is 9.62 Å². The van der Waals surface area contributed by atoms with Crippen LogP contribution in [-0.4, -0.2) is 50.0 Å². The fourth-order valence-electron chi connectivity index (χ4n) is 5.05. The second kappa shape index (κ2) is 13.9. The molecular weight excluding hydrogens is 605 g/mol. The lowest BCUT2D eigenvalue weighted by Gasteiger charge is -2.34. The number of anilines is 1. The highest BCUT2D eigenvalue weighted by molar-refractivity contribution is 7.92. The minimum absolute atomic E-state index is 0.0324. The summed E-state index contributed by atoms with van der Waals surface area (Å²) >= 11 is 18.6. The molecule has 3 aromatic rings. The summed E-state index contributed by atoms with van der Waals surface area (Å²) in [4.78, 5) is 29.4. The summed E-state index contributed by atoms with van der Waals surface area (Å²) in [5.41, 5.74) is 1.72. The molecule has 1 saturated carbocycles. The van der Waals surface area contributed by atoms with E-state index in [1.54, 1.807) is 18.2 Å². The summed E-state index contributed by atoms with van der Waals surface area (Å²) < 4.78 is 26.8. The number of amides is 2. The third-order valence-electron chi connectivity index (χ3n) is 7.03. The topological polar surface area (TPSA) is 86.8 Å². The van der Waals surface area contributed by atoms with E-state index < -0.39 is 28.5 Å². The number of hydrogen-bond acceptors (Lipinski definition) is 4. The van der Waals surface area contributed by atoms with E-state index >= 15 is 0 Å². The number of sulfonamides is 1. The van der Waals surface area contributed by atoms with Gasteiger partial charge in [-0.3, -0.25) is 13.9 Å². The van der Waals surface area contributed by atoms with Gasteiger partial charge in [0.25, 0.3) is 0 Å². The molecule has 1 fully saturated rings. The van der Waals surface area contributed by atoms with Crippen LogP contribution in [0.3, 0.4) is 0 Å². The van der Waals surface area contributed by atoms with Crippen LogP contribution in [0, 0.1) is 0 Å². The fourth-order valence-corrected chi connectivity index (χ4v) is 6.61. The predicted octanol–water partition coefficient (Wildman–Crippen LogP) is 6.11. The van der Waals surface area contributed by atoms with Crippen molar-refractivity contribution in [1.29, 1.82) is 0 Å². The van der Waals surface area contributed by atoms with Crippen molar-refractivity contribution in [2.45, 2.75) is 50.7 Å². The first kappa shape index (κ1) is 31.2. The molecule has 3 aromatic carbocycles. The normalized spacial score (nSPS) is 14.4. The van der Waals surface area contributed by atoms with E-state index in [2.05, 4.69) is 5.32 Å². The first-order valence-electron chi connectivity index (χ1n) is 13.3. The van der Waals surface area contributed by atoms with E-state index in [9.17, 15) is 18.0 Å². The third kappa shape index (κ3) is 8.85. The third-order valence-corrected chi connectivity index (χ3v) is 8.84. The van der Waals surface area contributed by atoms with Crippen molar-refractivity contribution >= 4 is 62.3 Å². The van der Waals surface area contributed by atoms with Crippen molar-refractivity contribution < 1.29 is 18.0 Å². The zero-order valence-electron chi connectivity index (χ0n) is 22.6. The quantitative estimate of drug-likeness (QED) is 0.275. The fraction of sp³-hybridized carbons (Fsp3) is 0.333. The second-order valence-electron chi connectivity index (χ2n) is 10.2. The molecule has 0 aliphatic heterocycles. The number of halogens is 3. The van der Waals surface area contributed by atoms with Crippen LogP contribution in [0.1, 0.15) is 36.8 Å². The number of carbonyl (C=O) groups excluding carboxylic acids is 2. The molecule has 0 saturated heterocycles. The highest BCUT2D eigenvalue weighted by atomic mass is 35.5. The Hall–Kier alpha value is -2.78. The lowest BCUT2D eigenvalue weighted by Crippen LogP contribution is -2.54. The second-order valence-corrected chi connectivity index (χ2v) is 13.5. The molecule has 0 radical (unpaired) electrons. The molecule has 1 aliphatic rings. The van der Waals surface area contributed by atoms with Crippen molar-refractivity contribution in [3.8, 4) is 0 Å². The summed E-state index contributed by atoms with van der Waals surface area (Å²) in [6.07, 6.45) is 5.07. The first-order chi connectivity index (χ1) is 19.5. The highest BCUT2D eigenvalue weighted by Gasteiger charge is 2.34. The molecule has 0 bridgehead atoms. The van der Waals surface area contributed by atoms with Crippen LogP contribution >= 0.6 is 34.8 Å². The van der Waals surface area contributed by atoms with Gasteiger partial charge in [-0.25, -0.2) is 8.42 Å². The molecule has 0 unspecified atom stereocenters. The Balaban J connectivity index is 1.74. The van der Waals surface area contributed by atoms with Crippen LogP contribution in [0.2, 0.25) is 15.1 Å². The number of rotatable bonds is 11. The lowest BCUT2D eigenvalue weighted by molar-refractivity contribution is -0.140. The Kier molecular flexibility index (Phi) is 10.6. The zero-order chi connectivity index (χ0) is 29.6. The Labute approximate surface area is 256 Å². The van der Waals surface area contributed by atoms with E-state index in [0.29, 0.717) is 10.6 Å². The Bertz CT molecular complexity index is 1460. The Morgan fingerprint density at radius 2 is 1.51 bits per heavy atom. The van der Waals surface area contributed by atoms with Crippen LogP contribution in [-0.2, 0) is 32.6 Å². The molecule has 0 spiro atoms. The molecule has 41 heavy (non-hydrogen) atoms. The van der Waals surface area contributed by atoms with Gasteiger partial charge in [0.15, 0.2) is 0 Å². The molecule has 0 heterocycles. The summed E-state index contributed by atoms with van der Waals surface area (Å²) in [5, 5.41) is 4.07. The number of hydrogen-bond donors (Lipinski definition) is 1. The minimum atomic E-state index is -3.94. The smallest absolute Gasteiger partial charge is 0.244 e. The molecule has 4 rings (SSSR count). The molecule has 218 valence electrons. The lowest BCUT2D eigenvalue weighted by atomic mass is 10.0. The van der Waals surface area contributed by atoms with Crippen molar-refractivity contribution in [1.82, 2.24) is 10.2 Å². The number of carbonyl (C=O) groups is 2. The van der Waals surface area contributed by atoms with Gasteiger partial charge in [-0.2, -0.15) is 0 Å². The minimum Gasteiger partial charge on any atom is -0.352 e. The van der Waals surface area contributed by atoms with Crippen LogP contribution in [0.4, 0.5) is 5.69 Å². The maximum Gasteiger partial charge on any atom is 0.244 e. The maximum absolute atomic E-state index is 14.1. The molecule has 1 atom stereocenters.